The SMILES string of the molecule is CCC(C)(C)c1cc(N=Nc2c(O)ccc3ccccc23)c(O)c([N+](=O)[O-])c1[N+](=O)[O-]. The Bertz CT molecular complexity index is 1240. The van der Waals surface area contributed by atoms with Crippen LogP contribution < -0.4 is 0 Å². The van der Waals surface area contributed by atoms with Crippen molar-refractivity contribution in [2.75, 3.05) is 0 Å². The molecule has 0 saturated heterocycles. The molecular formula is C21H20N4O6. The van der Waals surface area contributed by atoms with Crippen molar-refractivity contribution >= 4 is 33.5 Å². The Morgan fingerprint density at radius 2 is 1.61 bits per heavy atom. The summed E-state index contributed by atoms with van der Waals surface area (Å²) in [5.41, 5.74) is -2.77. The average Bonchev–Trinajstić information content (AvgIpc) is 2.72. The Kier molecular flexibility index (Phi) is 5.56. The lowest BCUT2D eigenvalue weighted by Crippen LogP contribution is -2.18. The summed E-state index contributed by atoms with van der Waals surface area (Å²) in [6.07, 6.45) is 0.441. The third-order valence-electron chi connectivity index (χ3n) is 5.34. The van der Waals surface area contributed by atoms with Crippen molar-refractivity contribution in [3.05, 3.63) is 68.3 Å². The van der Waals surface area contributed by atoms with E-state index in [2.05, 4.69) is 10.2 Å². The number of hydrogen-bond donors (Lipinski definition) is 2. The van der Waals surface area contributed by atoms with Crippen molar-refractivity contribution in [1.82, 2.24) is 0 Å². The van der Waals surface area contributed by atoms with Gasteiger partial charge in [-0.1, -0.05) is 51.1 Å². The first-order valence-electron chi connectivity index (χ1n) is 9.40. The summed E-state index contributed by atoms with van der Waals surface area (Å²) in [5, 5.41) is 53.2. The number of fused-ring (bicyclic) bond motifs is 1. The molecule has 10 nitrogen and oxygen atoms in total. The van der Waals surface area contributed by atoms with E-state index in [0.717, 1.165) is 5.39 Å². The minimum absolute atomic E-state index is 0.0561. The first-order chi connectivity index (χ1) is 14.6. The van der Waals surface area contributed by atoms with Crippen LogP contribution in [0.2, 0.25) is 0 Å². The summed E-state index contributed by atoms with van der Waals surface area (Å²) in [6, 6.07) is 11.4. The molecule has 0 spiro atoms. The van der Waals surface area contributed by atoms with Crippen LogP contribution in [0.5, 0.6) is 11.5 Å². The smallest absolute Gasteiger partial charge is 0.389 e. The fraction of sp³-hybridized carbons (Fsp3) is 0.238. The fourth-order valence-corrected chi connectivity index (χ4v) is 3.23. The third kappa shape index (κ3) is 3.87. The summed E-state index contributed by atoms with van der Waals surface area (Å²) in [7, 11) is 0. The molecule has 0 heterocycles. The van der Waals surface area contributed by atoms with E-state index in [1.54, 1.807) is 39.0 Å². The molecule has 0 amide bonds. The molecule has 10 heteroatoms. The molecule has 0 atom stereocenters. The van der Waals surface area contributed by atoms with Crippen LogP contribution in [0.4, 0.5) is 22.7 Å². The number of benzene rings is 3. The van der Waals surface area contributed by atoms with E-state index in [0.29, 0.717) is 11.8 Å². The van der Waals surface area contributed by atoms with Crippen LogP contribution in [0.15, 0.2) is 52.7 Å². The van der Waals surface area contributed by atoms with Crippen molar-refractivity contribution in [3.8, 4) is 11.5 Å². The summed E-state index contributed by atoms with van der Waals surface area (Å²) < 4.78 is 0. The van der Waals surface area contributed by atoms with Gasteiger partial charge in [0.15, 0.2) is 0 Å². The van der Waals surface area contributed by atoms with Gasteiger partial charge in [0, 0.05) is 10.9 Å². The van der Waals surface area contributed by atoms with Gasteiger partial charge in [0.25, 0.3) is 0 Å². The third-order valence-corrected chi connectivity index (χ3v) is 5.34. The molecule has 0 aliphatic rings. The maximum Gasteiger partial charge on any atom is 0.389 e. The molecule has 160 valence electrons. The number of phenols is 2. The van der Waals surface area contributed by atoms with Crippen LogP contribution in [0.1, 0.15) is 32.8 Å². The number of phenolic OH excluding ortho intramolecular Hbond substituents is 2. The fourth-order valence-electron chi connectivity index (χ4n) is 3.23. The lowest BCUT2D eigenvalue weighted by Gasteiger charge is -2.23. The van der Waals surface area contributed by atoms with Crippen molar-refractivity contribution in [2.45, 2.75) is 32.6 Å². The molecular weight excluding hydrogens is 404 g/mol. The zero-order valence-corrected chi connectivity index (χ0v) is 17.1. The van der Waals surface area contributed by atoms with Gasteiger partial charge < -0.3 is 10.2 Å². The second-order valence-electron chi connectivity index (χ2n) is 7.60. The van der Waals surface area contributed by atoms with E-state index < -0.39 is 32.4 Å². The number of azo groups is 1. The number of nitro groups is 2. The second-order valence-corrected chi connectivity index (χ2v) is 7.60. The van der Waals surface area contributed by atoms with Crippen molar-refractivity contribution < 1.29 is 20.1 Å². The zero-order valence-electron chi connectivity index (χ0n) is 17.1. The highest BCUT2D eigenvalue weighted by molar-refractivity contribution is 5.95. The van der Waals surface area contributed by atoms with Gasteiger partial charge in [0.1, 0.15) is 17.1 Å². The lowest BCUT2D eigenvalue weighted by molar-refractivity contribution is -0.423. The highest BCUT2D eigenvalue weighted by Gasteiger charge is 2.40. The molecule has 0 aliphatic carbocycles. The van der Waals surface area contributed by atoms with Gasteiger partial charge in [0.2, 0.25) is 5.75 Å². The standard InChI is InChI=1S/C21H20N4O6/c1-4-21(2,3)14-11-15(20(27)19(25(30)31)18(14)24(28)29)22-23-17-13-8-6-5-7-12(13)9-10-16(17)26/h5-11,26-27H,4H2,1-3H3. The number of nitro benzene ring substituents is 2. The van der Waals surface area contributed by atoms with Crippen LogP contribution in [0, 0.1) is 20.2 Å². The highest BCUT2D eigenvalue weighted by atomic mass is 16.6. The lowest BCUT2D eigenvalue weighted by atomic mass is 9.80. The van der Waals surface area contributed by atoms with E-state index in [1.165, 1.54) is 12.1 Å². The summed E-state index contributed by atoms with van der Waals surface area (Å²) in [6.45, 7) is 5.19. The van der Waals surface area contributed by atoms with Gasteiger partial charge in [-0.2, -0.15) is 0 Å². The quantitative estimate of drug-likeness (QED) is 0.274. The summed E-state index contributed by atoms with van der Waals surface area (Å²) in [5.74, 6) is -1.14. The van der Waals surface area contributed by atoms with Crippen molar-refractivity contribution in [2.24, 2.45) is 10.2 Å². The molecule has 3 rings (SSSR count). The number of rotatable bonds is 6. The molecule has 3 aromatic carbocycles. The normalized spacial score (nSPS) is 11.8. The van der Waals surface area contributed by atoms with Gasteiger partial charge in [-0.3, -0.25) is 20.2 Å². The van der Waals surface area contributed by atoms with Crippen molar-refractivity contribution in [3.63, 3.8) is 0 Å². The Hall–Kier alpha value is -4.08. The Labute approximate surface area is 176 Å². The minimum Gasteiger partial charge on any atom is -0.506 e. The molecule has 0 radical (unpaired) electrons. The molecule has 0 unspecified atom stereocenters. The van der Waals surface area contributed by atoms with Gasteiger partial charge in [-0.05, 0) is 29.4 Å². The van der Waals surface area contributed by atoms with E-state index in [4.69, 9.17) is 0 Å². The Morgan fingerprint density at radius 1 is 0.968 bits per heavy atom. The van der Waals surface area contributed by atoms with Crippen LogP contribution in [-0.2, 0) is 5.41 Å². The van der Waals surface area contributed by atoms with Crippen LogP contribution in [0.3, 0.4) is 0 Å². The predicted octanol–water partition coefficient (Wildman–Crippen LogP) is 6.17. The van der Waals surface area contributed by atoms with E-state index in [1.807, 2.05) is 12.1 Å². The van der Waals surface area contributed by atoms with Crippen LogP contribution in [-0.4, -0.2) is 20.1 Å². The molecule has 0 fully saturated rings. The van der Waals surface area contributed by atoms with Crippen LogP contribution in [0.25, 0.3) is 10.8 Å². The molecule has 2 N–H and O–H groups in total. The van der Waals surface area contributed by atoms with Crippen LogP contribution >= 0.6 is 0 Å². The molecule has 3 aromatic rings. The summed E-state index contributed by atoms with van der Waals surface area (Å²) >= 11 is 0. The number of aromatic hydroxyl groups is 2. The van der Waals surface area contributed by atoms with Gasteiger partial charge in [0.05, 0.1) is 9.85 Å². The molecule has 0 bridgehead atoms. The minimum atomic E-state index is -1.04. The monoisotopic (exact) mass is 424 g/mol. The Balaban J connectivity index is 2.29. The highest BCUT2D eigenvalue weighted by Crippen LogP contribution is 2.50. The number of nitrogens with zero attached hydrogens (tertiary/aromatic N) is 4. The van der Waals surface area contributed by atoms with E-state index in [9.17, 15) is 30.4 Å². The first-order valence-corrected chi connectivity index (χ1v) is 9.40. The first kappa shape index (κ1) is 21.6. The summed E-state index contributed by atoms with van der Waals surface area (Å²) in [4.78, 5) is 21.4. The van der Waals surface area contributed by atoms with E-state index >= 15 is 0 Å². The largest absolute Gasteiger partial charge is 0.506 e. The molecule has 31 heavy (non-hydrogen) atoms. The zero-order chi connectivity index (χ0) is 22.9. The van der Waals surface area contributed by atoms with Gasteiger partial charge in [-0.15, -0.1) is 10.2 Å². The number of hydrogen-bond acceptors (Lipinski definition) is 8. The maximum absolute atomic E-state index is 11.6. The maximum atomic E-state index is 11.6. The van der Waals surface area contributed by atoms with Gasteiger partial charge >= 0.3 is 11.4 Å². The molecule has 0 saturated carbocycles. The van der Waals surface area contributed by atoms with Gasteiger partial charge in [-0.25, -0.2) is 0 Å². The topological polar surface area (TPSA) is 151 Å². The molecule has 0 aromatic heterocycles. The van der Waals surface area contributed by atoms with E-state index in [-0.39, 0.29) is 22.7 Å². The molecule has 0 aliphatic heterocycles. The average molecular weight is 424 g/mol. The second kappa shape index (κ2) is 7.98. The Morgan fingerprint density at radius 3 is 2.23 bits per heavy atom. The predicted molar refractivity (Wildman–Crippen MR) is 115 cm³/mol. The van der Waals surface area contributed by atoms with Crippen molar-refractivity contribution in [1.29, 1.82) is 0 Å².